The lowest BCUT2D eigenvalue weighted by molar-refractivity contribution is -0.151. The summed E-state index contributed by atoms with van der Waals surface area (Å²) < 4.78 is 0. The number of carbonyl (C=O) groups excluding carboxylic acids is 2. The number of rotatable bonds is 3. The van der Waals surface area contributed by atoms with Gasteiger partial charge in [0, 0.05) is 6.04 Å². The first-order valence-corrected chi connectivity index (χ1v) is 7.51. The predicted octanol–water partition coefficient (Wildman–Crippen LogP) is 1.92. The lowest BCUT2D eigenvalue weighted by atomic mass is 9.82. The fraction of sp³-hybridized carbons (Fsp3) is 0.438. The molecule has 1 saturated carbocycles. The topological polar surface area (TPSA) is 86.7 Å². The Kier molecular flexibility index (Phi) is 3.83. The van der Waals surface area contributed by atoms with Crippen molar-refractivity contribution < 1.29 is 19.5 Å². The van der Waals surface area contributed by atoms with Gasteiger partial charge in [0.15, 0.2) is 6.04 Å². The van der Waals surface area contributed by atoms with Gasteiger partial charge in [-0.2, -0.15) is 0 Å². The zero-order valence-electron chi connectivity index (χ0n) is 12.1. The van der Waals surface area contributed by atoms with E-state index in [1.54, 1.807) is 30.3 Å². The number of hydrogen-bond acceptors (Lipinski definition) is 3. The number of carboxylic acids is 1. The minimum absolute atomic E-state index is 0.157. The summed E-state index contributed by atoms with van der Waals surface area (Å²) in [4.78, 5) is 37.6. The van der Waals surface area contributed by atoms with Crippen LogP contribution in [0.3, 0.4) is 0 Å². The molecule has 2 aliphatic rings. The summed E-state index contributed by atoms with van der Waals surface area (Å²) >= 11 is 0. The van der Waals surface area contributed by atoms with E-state index in [4.69, 9.17) is 0 Å². The number of amides is 3. The Morgan fingerprint density at radius 3 is 2.55 bits per heavy atom. The monoisotopic (exact) mass is 302 g/mol. The summed E-state index contributed by atoms with van der Waals surface area (Å²) in [7, 11) is 0. The Labute approximate surface area is 128 Å². The molecule has 0 bridgehead atoms. The highest BCUT2D eigenvalue weighted by Crippen LogP contribution is 2.33. The molecule has 0 aromatic heterocycles. The molecule has 1 aliphatic heterocycles. The third-order valence-electron chi connectivity index (χ3n) is 4.46. The fourth-order valence-electron chi connectivity index (χ4n) is 3.39. The normalized spacial score (nSPS) is 26.1. The van der Waals surface area contributed by atoms with Gasteiger partial charge in [0.2, 0.25) is 5.91 Å². The number of nitrogens with one attached hydrogen (secondary N) is 1. The molecule has 0 radical (unpaired) electrons. The molecule has 3 rings (SSSR count). The largest absolute Gasteiger partial charge is 0.479 e. The number of nitrogens with zero attached hydrogens (tertiary/aromatic N) is 1. The summed E-state index contributed by atoms with van der Waals surface area (Å²) in [6.07, 6.45) is 3.38. The maximum Gasteiger partial charge on any atom is 0.331 e. The second kappa shape index (κ2) is 5.79. The van der Waals surface area contributed by atoms with Gasteiger partial charge in [-0.05, 0) is 18.4 Å². The third-order valence-corrected chi connectivity index (χ3v) is 4.46. The Morgan fingerprint density at radius 2 is 1.86 bits per heavy atom. The lowest BCUT2D eigenvalue weighted by Crippen LogP contribution is -2.62. The minimum atomic E-state index is -1.28. The average molecular weight is 302 g/mol. The molecule has 1 aromatic rings. The molecule has 0 spiro atoms. The van der Waals surface area contributed by atoms with Gasteiger partial charge in [-0.1, -0.05) is 43.2 Å². The Morgan fingerprint density at radius 1 is 1.18 bits per heavy atom. The molecule has 3 atom stereocenters. The van der Waals surface area contributed by atoms with Crippen LogP contribution in [0.5, 0.6) is 0 Å². The van der Waals surface area contributed by atoms with Crippen LogP contribution in [-0.2, 0) is 9.59 Å². The van der Waals surface area contributed by atoms with E-state index in [9.17, 15) is 19.5 Å². The van der Waals surface area contributed by atoms with Crippen molar-refractivity contribution in [3.05, 3.63) is 35.9 Å². The minimum Gasteiger partial charge on any atom is -0.479 e. The van der Waals surface area contributed by atoms with E-state index in [0.29, 0.717) is 12.0 Å². The molecule has 6 heteroatoms. The number of urea groups is 1. The van der Waals surface area contributed by atoms with Crippen LogP contribution in [0.25, 0.3) is 0 Å². The van der Waals surface area contributed by atoms with E-state index in [2.05, 4.69) is 5.32 Å². The number of carbonyl (C=O) groups is 3. The van der Waals surface area contributed by atoms with Crippen LogP contribution >= 0.6 is 0 Å². The van der Waals surface area contributed by atoms with E-state index in [1.165, 1.54) is 0 Å². The standard InChI is InChI=1S/C16H18N2O4/c19-14-11-8-4-5-9-12(11)17-16(22)18(14)13(15(20)21)10-6-2-1-3-7-10/h1-3,6-7,11-13H,4-5,8-9H2,(H,17,22)(H,20,21). The third kappa shape index (κ3) is 2.45. The molecule has 1 aromatic carbocycles. The average Bonchev–Trinajstić information content (AvgIpc) is 2.52. The first-order valence-electron chi connectivity index (χ1n) is 7.51. The highest BCUT2D eigenvalue weighted by Gasteiger charge is 2.46. The maximum absolute atomic E-state index is 12.7. The summed E-state index contributed by atoms with van der Waals surface area (Å²) in [6.45, 7) is 0. The second-order valence-electron chi connectivity index (χ2n) is 5.81. The zero-order chi connectivity index (χ0) is 15.7. The summed E-state index contributed by atoms with van der Waals surface area (Å²) in [6, 6.07) is 6.34. The summed E-state index contributed by atoms with van der Waals surface area (Å²) in [5.41, 5.74) is 0.424. The summed E-state index contributed by atoms with van der Waals surface area (Å²) in [5, 5.41) is 12.3. The van der Waals surface area contributed by atoms with Gasteiger partial charge in [-0.3, -0.25) is 4.79 Å². The number of fused-ring (bicyclic) bond motifs is 1. The van der Waals surface area contributed by atoms with Gasteiger partial charge in [-0.25, -0.2) is 14.5 Å². The molecule has 1 heterocycles. The van der Waals surface area contributed by atoms with E-state index in [0.717, 1.165) is 24.2 Å². The molecule has 116 valence electrons. The molecule has 2 N–H and O–H groups in total. The molecule has 3 amide bonds. The molecule has 3 unspecified atom stereocenters. The van der Waals surface area contributed by atoms with Crippen molar-refractivity contribution >= 4 is 17.9 Å². The van der Waals surface area contributed by atoms with E-state index < -0.39 is 18.0 Å². The molecule has 22 heavy (non-hydrogen) atoms. The highest BCUT2D eigenvalue weighted by molar-refractivity contribution is 6.02. The van der Waals surface area contributed by atoms with Crippen molar-refractivity contribution in [3.8, 4) is 0 Å². The number of benzene rings is 1. The highest BCUT2D eigenvalue weighted by atomic mass is 16.4. The number of carboxylic acid groups (broad SMARTS) is 1. The predicted molar refractivity (Wildman–Crippen MR) is 77.9 cm³/mol. The van der Waals surface area contributed by atoms with Crippen LogP contribution in [-0.4, -0.2) is 34.0 Å². The SMILES string of the molecule is O=C(O)C(c1ccccc1)N1C(=O)NC2CCCCC2C1=O. The number of imide groups is 1. The van der Waals surface area contributed by atoms with Crippen molar-refractivity contribution in [1.29, 1.82) is 0 Å². The molecule has 6 nitrogen and oxygen atoms in total. The molecular formula is C16H18N2O4. The molecule has 2 fully saturated rings. The van der Waals surface area contributed by atoms with Crippen molar-refractivity contribution in [2.24, 2.45) is 5.92 Å². The van der Waals surface area contributed by atoms with Crippen molar-refractivity contribution in [1.82, 2.24) is 10.2 Å². The smallest absolute Gasteiger partial charge is 0.331 e. The van der Waals surface area contributed by atoms with Crippen LogP contribution in [0.4, 0.5) is 4.79 Å². The Hall–Kier alpha value is -2.37. The van der Waals surface area contributed by atoms with E-state index >= 15 is 0 Å². The Balaban J connectivity index is 1.95. The van der Waals surface area contributed by atoms with Crippen LogP contribution in [0.15, 0.2) is 30.3 Å². The number of aliphatic carboxylic acids is 1. The van der Waals surface area contributed by atoms with Crippen molar-refractivity contribution in [3.63, 3.8) is 0 Å². The van der Waals surface area contributed by atoms with Crippen LogP contribution in [0.2, 0.25) is 0 Å². The fourth-order valence-corrected chi connectivity index (χ4v) is 3.39. The van der Waals surface area contributed by atoms with E-state index in [1.807, 2.05) is 0 Å². The molecule has 1 saturated heterocycles. The van der Waals surface area contributed by atoms with Crippen LogP contribution in [0.1, 0.15) is 37.3 Å². The molecule has 1 aliphatic carbocycles. The lowest BCUT2D eigenvalue weighted by Gasteiger charge is -2.41. The Bertz CT molecular complexity index is 601. The van der Waals surface area contributed by atoms with E-state index in [-0.39, 0.29) is 17.9 Å². The van der Waals surface area contributed by atoms with Crippen LogP contribution < -0.4 is 5.32 Å². The summed E-state index contributed by atoms with van der Waals surface area (Å²) in [5.74, 6) is -1.88. The van der Waals surface area contributed by atoms with Gasteiger partial charge in [0.05, 0.1) is 5.92 Å². The number of hydrogen-bond donors (Lipinski definition) is 2. The van der Waals surface area contributed by atoms with Crippen molar-refractivity contribution in [2.45, 2.75) is 37.8 Å². The van der Waals surface area contributed by atoms with Crippen LogP contribution in [0, 0.1) is 5.92 Å². The van der Waals surface area contributed by atoms with Gasteiger partial charge in [0.1, 0.15) is 0 Å². The first-order chi connectivity index (χ1) is 10.6. The van der Waals surface area contributed by atoms with Gasteiger partial charge in [0.25, 0.3) is 0 Å². The van der Waals surface area contributed by atoms with Gasteiger partial charge in [-0.15, -0.1) is 0 Å². The zero-order valence-corrected chi connectivity index (χ0v) is 12.1. The van der Waals surface area contributed by atoms with Gasteiger partial charge < -0.3 is 10.4 Å². The maximum atomic E-state index is 12.7. The van der Waals surface area contributed by atoms with Crippen molar-refractivity contribution in [2.75, 3.05) is 0 Å². The first kappa shape index (κ1) is 14.6. The molecular weight excluding hydrogens is 284 g/mol. The second-order valence-corrected chi connectivity index (χ2v) is 5.81. The van der Waals surface area contributed by atoms with Gasteiger partial charge >= 0.3 is 12.0 Å². The quantitative estimate of drug-likeness (QED) is 0.893.